The van der Waals surface area contributed by atoms with Crippen LogP contribution in [0.25, 0.3) is 44.5 Å². The van der Waals surface area contributed by atoms with E-state index < -0.39 is 46.0 Å². The summed E-state index contributed by atoms with van der Waals surface area (Å²) in [6, 6.07) is 10.1. The van der Waals surface area contributed by atoms with Crippen molar-refractivity contribution < 1.29 is 40.9 Å². The normalized spacial score (nSPS) is 11.5. The van der Waals surface area contributed by atoms with E-state index >= 15 is 0 Å². The van der Waals surface area contributed by atoms with Crippen LogP contribution in [0.3, 0.4) is 0 Å². The van der Waals surface area contributed by atoms with E-state index in [0.717, 1.165) is 0 Å². The molecule has 0 aromatic heterocycles. The Hall–Kier alpha value is -4.72. The van der Waals surface area contributed by atoms with Gasteiger partial charge in [-0.3, -0.25) is 0 Å². The highest BCUT2D eigenvalue weighted by Crippen LogP contribution is 2.54. The quantitative estimate of drug-likeness (QED) is 0.168. The van der Waals surface area contributed by atoms with Gasteiger partial charge in [0.2, 0.25) is 0 Å². The lowest BCUT2D eigenvalue weighted by atomic mass is 9.80. The largest absolute Gasteiger partial charge is 0.504 e. The second-order valence-corrected chi connectivity index (χ2v) is 7.55. The first kappa shape index (κ1) is 19.3. The summed E-state index contributed by atoms with van der Waals surface area (Å²) in [4.78, 5) is 0. The first-order chi connectivity index (χ1) is 15.2. The molecule has 0 amide bonds. The van der Waals surface area contributed by atoms with Gasteiger partial charge >= 0.3 is 0 Å². The van der Waals surface area contributed by atoms with Crippen LogP contribution >= 0.6 is 0 Å². The van der Waals surface area contributed by atoms with Crippen LogP contribution in [-0.4, -0.2) is 40.9 Å². The average molecular weight is 432 g/mol. The van der Waals surface area contributed by atoms with E-state index in [1.807, 2.05) is 0 Å². The third-order valence-corrected chi connectivity index (χ3v) is 5.62. The molecule has 1 aliphatic rings. The molecule has 8 heteroatoms. The minimum atomic E-state index is -0.443. The standard InChI is InChI=1S/C24H16O8/c25-17-1-9-10(2-18(17)26)12-4-21(29)22(30)6-14(12)16-8-24(32)23(31)7-15(16)13-5-20(28)19(27)3-11(9)13/h1-8,25-32H. The SMILES string of the molecule is Oc1cc2c(cc1O)-c1cc(O)c(O)cc1-c1cc(O)c(O)cc1-c1cc(O)c(O)cc1-2. The van der Waals surface area contributed by atoms with Crippen molar-refractivity contribution in [2.75, 3.05) is 0 Å². The van der Waals surface area contributed by atoms with E-state index in [1.54, 1.807) is 0 Å². The fourth-order valence-electron chi connectivity index (χ4n) is 4.09. The first-order valence-electron chi connectivity index (χ1n) is 9.41. The summed E-state index contributed by atoms with van der Waals surface area (Å²) < 4.78 is 0. The summed E-state index contributed by atoms with van der Waals surface area (Å²) in [6.07, 6.45) is 0. The molecule has 1 aliphatic carbocycles. The number of aromatic hydroxyl groups is 8. The lowest BCUT2D eigenvalue weighted by molar-refractivity contribution is 0.402. The van der Waals surface area contributed by atoms with Gasteiger partial charge in [-0.1, -0.05) is 0 Å². The van der Waals surface area contributed by atoms with Gasteiger partial charge in [-0.05, 0) is 93.0 Å². The molecule has 0 saturated heterocycles. The molecule has 8 nitrogen and oxygen atoms in total. The molecule has 0 radical (unpaired) electrons. The van der Waals surface area contributed by atoms with Crippen LogP contribution in [-0.2, 0) is 0 Å². The molecule has 0 heterocycles. The van der Waals surface area contributed by atoms with Gasteiger partial charge in [0, 0.05) is 0 Å². The van der Waals surface area contributed by atoms with Crippen molar-refractivity contribution in [1.29, 1.82) is 0 Å². The van der Waals surface area contributed by atoms with Gasteiger partial charge in [-0.15, -0.1) is 0 Å². The van der Waals surface area contributed by atoms with Gasteiger partial charge in [0.1, 0.15) is 0 Å². The van der Waals surface area contributed by atoms with Crippen LogP contribution in [0.1, 0.15) is 0 Å². The van der Waals surface area contributed by atoms with Crippen LogP contribution in [0.4, 0.5) is 0 Å². The van der Waals surface area contributed by atoms with Gasteiger partial charge in [0.15, 0.2) is 46.0 Å². The molecule has 0 aliphatic heterocycles. The fourth-order valence-corrected chi connectivity index (χ4v) is 4.09. The third kappa shape index (κ3) is 2.63. The highest BCUT2D eigenvalue weighted by molar-refractivity contribution is 6.05. The Balaban J connectivity index is 2.06. The van der Waals surface area contributed by atoms with E-state index in [0.29, 0.717) is 44.5 Å². The highest BCUT2D eigenvalue weighted by atomic mass is 16.3. The second kappa shape index (κ2) is 6.39. The van der Waals surface area contributed by atoms with Crippen LogP contribution in [0.15, 0.2) is 48.5 Å². The molecule has 4 aromatic rings. The molecule has 0 unspecified atom stereocenters. The molecule has 0 fully saturated rings. The topological polar surface area (TPSA) is 162 Å². The van der Waals surface area contributed by atoms with Crippen LogP contribution in [0.5, 0.6) is 46.0 Å². The van der Waals surface area contributed by atoms with Crippen molar-refractivity contribution in [3.8, 4) is 90.5 Å². The number of hydrogen-bond donors (Lipinski definition) is 8. The smallest absolute Gasteiger partial charge is 0.158 e. The van der Waals surface area contributed by atoms with Crippen molar-refractivity contribution >= 4 is 0 Å². The fraction of sp³-hybridized carbons (Fsp3) is 0. The number of hydrogen-bond acceptors (Lipinski definition) is 8. The molecule has 8 N–H and O–H groups in total. The first-order valence-corrected chi connectivity index (χ1v) is 9.41. The van der Waals surface area contributed by atoms with E-state index in [9.17, 15) is 40.9 Å². The minimum Gasteiger partial charge on any atom is -0.504 e. The van der Waals surface area contributed by atoms with Crippen LogP contribution < -0.4 is 0 Å². The molecule has 0 saturated carbocycles. The Labute approximate surface area is 180 Å². The van der Waals surface area contributed by atoms with E-state index in [4.69, 9.17) is 0 Å². The Morgan fingerprint density at radius 2 is 0.312 bits per heavy atom. The molecule has 4 aromatic carbocycles. The maximum atomic E-state index is 10.2. The monoisotopic (exact) mass is 432 g/mol. The molecule has 160 valence electrons. The van der Waals surface area contributed by atoms with Crippen molar-refractivity contribution in [2.45, 2.75) is 0 Å². The average Bonchev–Trinajstić information content (AvgIpc) is 2.74. The zero-order valence-electron chi connectivity index (χ0n) is 16.2. The van der Waals surface area contributed by atoms with Gasteiger partial charge in [0.25, 0.3) is 0 Å². The molecular weight excluding hydrogens is 416 g/mol. The maximum Gasteiger partial charge on any atom is 0.158 e. The molecule has 32 heavy (non-hydrogen) atoms. The highest BCUT2D eigenvalue weighted by Gasteiger charge is 2.27. The van der Waals surface area contributed by atoms with Gasteiger partial charge in [-0.2, -0.15) is 0 Å². The summed E-state index contributed by atoms with van der Waals surface area (Å²) in [6.45, 7) is 0. The Morgan fingerprint density at radius 3 is 0.406 bits per heavy atom. The molecule has 5 rings (SSSR count). The Kier molecular flexibility index (Phi) is 3.84. The minimum absolute atomic E-state index is 0.329. The molecule has 0 bridgehead atoms. The van der Waals surface area contributed by atoms with E-state index in [-0.39, 0.29) is 0 Å². The number of rotatable bonds is 0. The van der Waals surface area contributed by atoms with Crippen molar-refractivity contribution in [2.24, 2.45) is 0 Å². The Morgan fingerprint density at radius 1 is 0.219 bits per heavy atom. The molecule has 0 atom stereocenters. The predicted molar refractivity (Wildman–Crippen MR) is 115 cm³/mol. The third-order valence-electron chi connectivity index (χ3n) is 5.62. The van der Waals surface area contributed by atoms with E-state index in [1.165, 1.54) is 48.5 Å². The van der Waals surface area contributed by atoms with Crippen molar-refractivity contribution in [3.05, 3.63) is 48.5 Å². The summed E-state index contributed by atoms with van der Waals surface area (Å²) >= 11 is 0. The predicted octanol–water partition coefficient (Wildman–Crippen LogP) is 4.31. The summed E-state index contributed by atoms with van der Waals surface area (Å²) in [5, 5.41) is 81.5. The van der Waals surface area contributed by atoms with Crippen LogP contribution in [0, 0.1) is 0 Å². The zero-order valence-corrected chi connectivity index (χ0v) is 16.2. The van der Waals surface area contributed by atoms with Crippen molar-refractivity contribution in [1.82, 2.24) is 0 Å². The van der Waals surface area contributed by atoms with Gasteiger partial charge in [-0.25, -0.2) is 0 Å². The zero-order chi connectivity index (χ0) is 22.9. The second-order valence-electron chi connectivity index (χ2n) is 7.55. The lowest BCUT2D eigenvalue weighted by Crippen LogP contribution is -1.98. The lowest BCUT2D eigenvalue weighted by Gasteiger charge is -2.24. The van der Waals surface area contributed by atoms with Gasteiger partial charge < -0.3 is 40.9 Å². The Bertz CT molecular complexity index is 1100. The van der Waals surface area contributed by atoms with E-state index in [2.05, 4.69) is 0 Å². The summed E-state index contributed by atoms with van der Waals surface area (Å²) in [5.74, 6) is -3.55. The molecule has 0 spiro atoms. The number of phenolic OH excluding ortho intramolecular Hbond substituents is 8. The number of benzene rings is 4. The number of phenols is 8. The summed E-state index contributed by atoms with van der Waals surface area (Å²) in [7, 11) is 0. The molecular formula is C24H16O8. The van der Waals surface area contributed by atoms with Crippen LogP contribution in [0.2, 0.25) is 0 Å². The van der Waals surface area contributed by atoms with Crippen molar-refractivity contribution in [3.63, 3.8) is 0 Å². The number of fused-ring (bicyclic) bond motifs is 8. The van der Waals surface area contributed by atoms with Gasteiger partial charge in [0.05, 0.1) is 0 Å². The summed E-state index contributed by atoms with van der Waals surface area (Å²) in [5.41, 5.74) is 2.63. The maximum absolute atomic E-state index is 10.2.